The molecule has 0 atom stereocenters. The predicted octanol–water partition coefficient (Wildman–Crippen LogP) is 4.27. The first-order valence-corrected chi connectivity index (χ1v) is 4.92. The first kappa shape index (κ1) is 12.9. The van der Waals surface area contributed by atoms with Crippen LogP contribution in [0.25, 0.3) is 0 Å². The van der Waals surface area contributed by atoms with Gasteiger partial charge in [0, 0.05) is 5.03 Å². The van der Waals surface area contributed by atoms with E-state index in [1.165, 1.54) is 12.1 Å². The van der Waals surface area contributed by atoms with Crippen LogP contribution in [0.3, 0.4) is 0 Å². The first-order chi connectivity index (χ1) is 7.37. The van der Waals surface area contributed by atoms with Gasteiger partial charge in [-0.15, -0.1) is 13.2 Å². The van der Waals surface area contributed by atoms with Gasteiger partial charge in [0.1, 0.15) is 5.75 Å². The molecular weight excluding hydrogens is 241 g/mol. The van der Waals surface area contributed by atoms with Gasteiger partial charge in [0.05, 0.1) is 0 Å². The lowest BCUT2D eigenvalue weighted by molar-refractivity contribution is -0.274. The summed E-state index contributed by atoms with van der Waals surface area (Å²) in [5.74, 6) is -0.221. The highest BCUT2D eigenvalue weighted by molar-refractivity contribution is 6.29. The van der Waals surface area contributed by atoms with Crippen LogP contribution in [0.4, 0.5) is 13.2 Å². The maximum absolute atomic E-state index is 11.8. The van der Waals surface area contributed by atoms with Crippen LogP contribution in [0, 0.1) is 0 Å². The Hall–Kier alpha value is -1.16. The zero-order valence-electron chi connectivity index (χ0n) is 8.35. The van der Waals surface area contributed by atoms with E-state index in [1.807, 2.05) is 0 Å². The number of halogens is 4. The number of allylic oxidation sites excluding steroid dienone is 1. The highest BCUT2D eigenvalue weighted by Crippen LogP contribution is 2.23. The molecule has 0 bridgehead atoms. The molecule has 0 saturated heterocycles. The molecule has 1 aromatic carbocycles. The Morgan fingerprint density at radius 2 is 1.81 bits per heavy atom. The van der Waals surface area contributed by atoms with Gasteiger partial charge in [-0.05, 0) is 30.5 Å². The van der Waals surface area contributed by atoms with E-state index in [0.29, 0.717) is 17.9 Å². The van der Waals surface area contributed by atoms with Crippen molar-refractivity contribution in [1.82, 2.24) is 0 Å². The molecular formula is C11H10ClF3O. The van der Waals surface area contributed by atoms with E-state index in [4.69, 9.17) is 11.6 Å². The summed E-state index contributed by atoms with van der Waals surface area (Å²) < 4.78 is 39.3. The van der Waals surface area contributed by atoms with E-state index in [0.717, 1.165) is 5.56 Å². The van der Waals surface area contributed by atoms with Crippen LogP contribution in [0.5, 0.6) is 5.75 Å². The average Bonchev–Trinajstić information content (AvgIpc) is 2.14. The zero-order valence-corrected chi connectivity index (χ0v) is 9.11. The SMILES string of the molecule is C=C(Cl)CCc1ccc(OC(F)(F)F)cc1. The molecule has 1 aromatic rings. The first-order valence-electron chi connectivity index (χ1n) is 4.55. The van der Waals surface area contributed by atoms with Crippen LogP contribution in [0.15, 0.2) is 35.9 Å². The molecule has 5 heteroatoms. The Bertz CT molecular complexity index is 356. The van der Waals surface area contributed by atoms with Crippen molar-refractivity contribution in [3.8, 4) is 5.75 Å². The third-order valence-corrected chi connectivity index (χ3v) is 2.03. The number of benzene rings is 1. The van der Waals surface area contributed by atoms with Gasteiger partial charge >= 0.3 is 6.36 Å². The van der Waals surface area contributed by atoms with Crippen molar-refractivity contribution in [2.75, 3.05) is 0 Å². The van der Waals surface area contributed by atoms with E-state index in [9.17, 15) is 13.2 Å². The van der Waals surface area contributed by atoms with Crippen molar-refractivity contribution in [2.24, 2.45) is 0 Å². The van der Waals surface area contributed by atoms with Gasteiger partial charge < -0.3 is 4.74 Å². The summed E-state index contributed by atoms with van der Waals surface area (Å²) in [6, 6.07) is 5.70. The number of rotatable bonds is 4. The largest absolute Gasteiger partial charge is 0.573 e. The molecule has 0 aliphatic rings. The molecule has 0 N–H and O–H groups in total. The van der Waals surface area contributed by atoms with Gasteiger partial charge in [0.15, 0.2) is 0 Å². The molecule has 1 rings (SSSR count). The Labute approximate surface area is 96.5 Å². The summed E-state index contributed by atoms with van der Waals surface area (Å²) in [7, 11) is 0. The second-order valence-electron chi connectivity index (χ2n) is 3.21. The summed E-state index contributed by atoms with van der Waals surface area (Å²) in [5.41, 5.74) is 0.885. The average molecular weight is 251 g/mol. The molecule has 16 heavy (non-hydrogen) atoms. The molecule has 88 valence electrons. The van der Waals surface area contributed by atoms with Gasteiger partial charge in [0.2, 0.25) is 0 Å². The topological polar surface area (TPSA) is 9.23 Å². The molecule has 0 aliphatic carbocycles. The molecule has 0 amide bonds. The van der Waals surface area contributed by atoms with E-state index in [1.54, 1.807) is 12.1 Å². The lowest BCUT2D eigenvalue weighted by atomic mass is 10.1. The molecule has 0 aromatic heterocycles. The quantitative estimate of drug-likeness (QED) is 0.775. The second kappa shape index (κ2) is 5.25. The summed E-state index contributed by atoms with van der Waals surface area (Å²) in [5, 5.41) is 0.524. The van der Waals surface area contributed by atoms with E-state index >= 15 is 0 Å². The molecule has 0 heterocycles. The van der Waals surface area contributed by atoms with Gasteiger partial charge in [0.25, 0.3) is 0 Å². The Morgan fingerprint density at radius 1 is 1.25 bits per heavy atom. The lowest BCUT2D eigenvalue weighted by Crippen LogP contribution is -2.17. The standard InChI is InChI=1S/C11H10ClF3O/c1-8(12)2-3-9-4-6-10(7-5-9)16-11(13,14)15/h4-7H,1-3H2. The van der Waals surface area contributed by atoms with E-state index < -0.39 is 6.36 Å². The lowest BCUT2D eigenvalue weighted by Gasteiger charge is -2.09. The smallest absolute Gasteiger partial charge is 0.406 e. The van der Waals surface area contributed by atoms with Crippen LogP contribution in [-0.4, -0.2) is 6.36 Å². The fraction of sp³-hybridized carbons (Fsp3) is 0.273. The van der Waals surface area contributed by atoms with Crippen LogP contribution in [-0.2, 0) is 6.42 Å². The monoisotopic (exact) mass is 250 g/mol. The Morgan fingerprint density at radius 3 is 2.25 bits per heavy atom. The fourth-order valence-corrected chi connectivity index (χ4v) is 1.23. The number of ether oxygens (including phenoxy) is 1. The van der Waals surface area contributed by atoms with Crippen molar-refractivity contribution in [3.63, 3.8) is 0 Å². The molecule has 0 radical (unpaired) electrons. The van der Waals surface area contributed by atoms with Crippen LogP contribution >= 0.6 is 11.6 Å². The minimum atomic E-state index is -4.65. The second-order valence-corrected chi connectivity index (χ2v) is 3.74. The number of aryl methyl sites for hydroxylation is 1. The Kier molecular flexibility index (Phi) is 4.24. The molecule has 0 unspecified atom stereocenters. The molecule has 0 saturated carbocycles. The van der Waals surface area contributed by atoms with Gasteiger partial charge in [-0.2, -0.15) is 0 Å². The summed E-state index contributed by atoms with van der Waals surface area (Å²) in [6.45, 7) is 3.53. The van der Waals surface area contributed by atoms with Crippen molar-refractivity contribution < 1.29 is 17.9 Å². The van der Waals surface area contributed by atoms with Gasteiger partial charge in [-0.25, -0.2) is 0 Å². The highest BCUT2D eigenvalue weighted by Gasteiger charge is 2.30. The van der Waals surface area contributed by atoms with Crippen molar-refractivity contribution in [1.29, 1.82) is 0 Å². The van der Waals surface area contributed by atoms with Crippen molar-refractivity contribution in [2.45, 2.75) is 19.2 Å². The van der Waals surface area contributed by atoms with Crippen LogP contribution in [0.1, 0.15) is 12.0 Å². The van der Waals surface area contributed by atoms with E-state index in [2.05, 4.69) is 11.3 Å². The van der Waals surface area contributed by atoms with Crippen LogP contribution in [0.2, 0.25) is 0 Å². The number of alkyl halides is 3. The molecule has 0 spiro atoms. The summed E-state index contributed by atoms with van der Waals surface area (Å²) in [4.78, 5) is 0. The van der Waals surface area contributed by atoms with Gasteiger partial charge in [-0.1, -0.05) is 30.3 Å². The predicted molar refractivity (Wildman–Crippen MR) is 56.4 cm³/mol. The highest BCUT2D eigenvalue weighted by atomic mass is 35.5. The fourth-order valence-electron chi connectivity index (χ4n) is 1.14. The summed E-state index contributed by atoms with van der Waals surface area (Å²) >= 11 is 5.58. The minimum Gasteiger partial charge on any atom is -0.406 e. The van der Waals surface area contributed by atoms with Crippen molar-refractivity contribution >= 4 is 11.6 Å². The Balaban J connectivity index is 2.57. The third-order valence-electron chi connectivity index (χ3n) is 1.84. The third kappa shape index (κ3) is 5.07. The zero-order chi connectivity index (χ0) is 12.2. The number of hydrogen-bond donors (Lipinski definition) is 0. The number of hydrogen-bond acceptors (Lipinski definition) is 1. The van der Waals surface area contributed by atoms with Crippen molar-refractivity contribution in [3.05, 3.63) is 41.4 Å². The maximum Gasteiger partial charge on any atom is 0.573 e. The molecule has 1 nitrogen and oxygen atoms in total. The molecule has 0 aliphatic heterocycles. The van der Waals surface area contributed by atoms with Gasteiger partial charge in [-0.3, -0.25) is 0 Å². The minimum absolute atomic E-state index is 0.221. The molecule has 0 fully saturated rings. The van der Waals surface area contributed by atoms with E-state index in [-0.39, 0.29) is 5.75 Å². The summed E-state index contributed by atoms with van der Waals surface area (Å²) in [6.07, 6.45) is -3.40. The van der Waals surface area contributed by atoms with Crippen LogP contribution < -0.4 is 4.74 Å². The maximum atomic E-state index is 11.8. The normalized spacial score (nSPS) is 11.2.